The van der Waals surface area contributed by atoms with E-state index in [-0.39, 0.29) is 10.6 Å². The smallest absolute Gasteiger partial charge is 0.337 e. The van der Waals surface area contributed by atoms with E-state index >= 15 is 0 Å². The third kappa shape index (κ3) is 2.69. The van der Waals surface area contributed by atoms with Gasteiger partial charge in [0.15, 0.2) is 5.13 Å². The highest BCUT2D eigenvalue weighted by atomic mass is 35.5. The predicted molar refractivity (Wildman–Crippen MR) is 73.6 cm³/mol. The molecule has 2 aromatic rings. The van der Waals surface area contributed by atoms with Gasteiger partial charge >= 0.3 is 5.97 Å². The van der Waals surface area contributed by atoms with Crippen LogP contribution in [-0.4, -0.2) is 21.0 Å². The maximum atomic E-state index is 11.0. The lowest BCUT2D eigenvalue weighted by Gasteiger charge is -2.04. The lowest BCUT2D eigenvalue weighted by molar-refractivity contribution is 0.0697. The molecule has 2 aromatic heterocycles. The van der Waals surface area contributed by atoms with Gasteiger partial charge in [-0.2, -0.15) is 0 Å². The van der Waals surface area contributed by atoms with Crippen LogP contribution in [0.15, 0.2) is 17.6 Å². The molecule has 1 fully saturated rings. The van der Waals surface area contributed by atoms with Crippen LogP contribution in [0, 0.1) is 0 Å². The summed E-state index contributed by atoms with van der Waals surface area (Å²) < 4.78 is 0. The van der Waals surface area contributed by atoms with E-state index in [1.165, 1.54) is 36.4 Å². The molecule has 2 N–H and O–H groups in total. The summed E-state index contributed by atoms with van der Waals surface area (Å²) in [7, 11) is 0. The molecule has 7 heteroatoms. The number of aromatic carboxylic acids is 1. The minimum Gasteiger partial charge on any atom is -0.478 e. The predicted octanol–water partition coefficient (Wildman–Crippen LogP) is 3.51. The van der Waals surface area contributed by atoms with Crippen LogP contribution in [0.25, 0.3) is 0 Å². The first-order valence-electron chi connectivity index (χ1n) is 5.75. The Labute approximate surface area is 118 Å². The standard InChI is InChI=1S/C12H10ClN3O2S/c13-8-4-14-10(3-7(8)11(17)18)16-12-15-9(5-19-12)6-1-2-6/h3-6H,1-2H2,(H,17,18)(H,14,15,16). The molecule has 98 valence electrons. The van der Waals surface area contributed by atoms with Gasteiger partial charge in [-0.25, -0.2) is 14.8 Å². The lowest BCUT2D eigenvalue weighted by atomic mass is 10.2. The maximum Gasteiger partial charge on any atom is 0.337 e. The van der Waals surface area contributed by atoms with Gasteiger partial charge in [-0.15, -0.1) is 11.3 Å². The van der Waals surface area contributed by atoms with E-state index in [0.717, 1.165) is 5.69 Å². The van der Waals surface area contributed by atoms with Crippen molar-refractivity contribution in [3.05, 3.63) is 33.9 Å². The van der Waals surface area contributed by atoms with Crippen molar-refractivity contribution in [2.24, 2.45) is 0 Å². The zero-order valence-corrected chi connectivity index (χ0v) is 11.3. The van der Waals surface area contributed by atoms with Crippen LogP contribution < -0.4 is 5.32 Å². The first-order valence-corrected chi connectivity index (χ1v) is 7.00. The summed E-state index contributed by atoms with van der Waals surface area (Å²) in [6.07, 6.45) is 3.72. The Balaban J connectivity index is 1.81. The number of pyridine rings is 1. The van der Waals surface area contributed by atoms with Gasteiger partial charge in [-0.1, -0.05) is 11.6 Å². The zero-order chi connectivity index (χ0) is 13.4. The van der Waals surface area contributed by atoms with E-state index < -0.39 is 5.97 Å². The molecule has 3 rings (SSSR count). The molecule has 0 aliphatic heterocycles. The molecule has 5 nitrogen and oxygen atoms in total. The molecule has 1 aliphatic rings. The van der Waals surface area contributed by atoms with Crippen molar-refractivity contribution >= 4 is 39.9 Å². The Morgan fingerprint density at radius 2 is 2.32 bits per heavy atom. The summed E-state index contributed by atoms with van der Waals surface area (Å²) in [6.45, 7) is 0. The van der Waals surface area contributed by atoms with Crippen molar-refractivity contribution in [3.8, 4) is 0 Å². The van der Waals surface area contributed by atoms with Gasteiger partial charge in [0, 0.05) is 17.5 Å². The highest BCUT2D eigenvalue weighted by molar-refractivity contribution is 7.13. The van der Waals surface area contributed by atoms with Crippen LogP contribution in [0.5, 0.6) is 0 Å². The van der Waals surface area contributed by atoms with Gasteiger partial charge in [-0.3, -0.25) is 0 Å². The molecule has 0 aromatic carbocycles. The first-order chi connectivity index (χ1) is 9.13. The molecular weight excluding hydrogens is 286 g/mol. The average molecular weight is 296 g/mol. The van der Waals surface area contributed by atoms with Crippen LogP contribution in [0.3, 0.4) is 0 Å². The van der Waals surface area contributed by atoms with Crippen molar-refractivity contribution < 1.29 is 9.90 Å². The molecule has 0 saturated heterocycles. The Kier molecular flexibility index (Phi) is 3.12. The van der Waals surface area contributed by atoms with Gasteiger partial charge < -0.3 is 10.4 Å². The number of halogens is 1. The lowest BCUT2D eigenvalue weighted by Crippen LogP contribution is -2.01. The van der Waals surface area contributed by atoms with Crippen molar-refractivity contribution in [3.63, 3.8) is 0 Å². The summed E-state index contributed by atoms with van der Waals surface area (Å²) >= 11 is 7.25. The average Bonchev–Trinajstić information content (AvgIpc) is 3.12. The van der Waals surface area contributed by atoms with Crippen LogP contribution in [-0.2, 0) is 0 Å². The fourth-order valence-electron chi connectivity index (χ4n) is 1.69. The topological polar surface area (TPSA) is 75.1 Å². The third-order valence-corrected chi connectivity index (χ3v) is 3.92. The van der Waals surface area contributed by atoms with Crippen LogP contribution in [0.1, 0.15) is 34.8 Å². The Morgan fingerprint density at radius 3 is 3.00 bits per heavy atom. The summed E-state index contributed by atoms with van der Waals surface area (Å²) in [5.74, 6) is -0.0497. The summed E-state index contributed by atoms with van der Waals surface area (Å²) in [6, 6.07) is 1.41. The maximum absolute atomic E-state index is 11.0. The zero-order valence-electron chi connectivity index (χ0n) is 9.76. The number of carbonyl (C=O) groups is 1. The largest absolute Gasteiger partial charge is 0.478 e. The van der Waals surface area contributed by atoms with Crippen LogP contribution in [0.2, 0.25) is 5.02 Å². The first kappa shape index (κ1) is 12.4. The third-order valence-electron chi connectivity index (χ3n) is 2.84. The molecule has 0 atom stereocenters. The van der Waals surface area contributed by atoms with Crippen molar-refractivity contribution in [1.29, 1.82) is 0 Å². The normalized spacial score (nSPS) is 14.4. The molecular formula is C12H10ClN3O2S. The SMILES string of the molecule is O=C(O)c1cc(Nc2nc(C3CC3)cs2)ncc1Cl. The minimum absolute atomic E-state index is 0.0261. The van der Waals surface area contributed by atoms with E-state index in [1.54, 1.807) is 0 Å². The molecule has 2 heterocycles. The number of thiazole rings is 1. The fourth-order valence-corrected chi connectivity index (χ4v) is 2.67. The number of carboxylic acids is 1. The number of rotatable bonds is 4. The number of nitrogens with zero attached hydrogens (tertiary/aromatic N) is 2. The number of hydrogen-bond donors (Lipinski definition) is 2. The van der Waals surface area contributed by atoms with Gasteiger partial charge in [0.2, 0.25) is 0 Å². The molecule has 0 spiro atoms. The van der Waals surface area contributed by atoms with Crippen molar-refractivity contribution in [2.75, 3.05) is 5.32 Å². The van der Waals surface area contributed by atoms with Gasteiger partial charge in [0.05, 0.1) is 16.3 Å². The van der Waals surface area contributed by atoms with Crippen molar-refractivity contribution in [2.45, 2.75) is 18.8 Å². The summed E-state index contributed by atoms with van der Waals surface area (Å²) in [5, 5.41) is 14.9. The highest BCUT2D eigenvalue weighted by Gasteiger charge is 2.26. The fraction of sp³-hybridized carbons (Fsp3) is 0.250. The molecule has 0 amide bonds. The van der Waals surface area contributed by atoms with Crippen LogP contribution >= 0.6 is 22.9 Å². The second kappa shape index (κ2) is 4.79. The number of nitrogens with one attached hydrogen (secondary N) is 1. The van der Waals surface area contributed by atoms with Gasteiger partial charge in [0.1, 0.15) is 5.82 Å². The van der Waals surface area contributed by atoms with E-state index in [0.29, 0.717) is 16.9 Å². The quantitative estimate of drug-likeness (QED) is 0.903. The van der Waals surface area contributed by atoms with E-state index in [2.05, 4.69) is 15.3 Å². The second-order valence-electron chi connectivity index (χ2n) is 4.33. The van der Waals surface area contributed by atoms with E-state index in [4.69, 9.17) is 16.7 Å². The Bertz CT molecular complexity index is 640. The Morgan fingerprint density at radius 1 is 1.53 bits per heavy atom. The molecule has 0 unspecified atom stereocenters. The molecule has 0 bridgehead atoms. The summed E-state index contributed by atoms with van der Waals surface area (Å²) in [5.41, 5.74) is 1.12. The molecule has 1 saturated carbocycles. The number of anilines is 2. The van der Waals surface area contributed by atoms with E-state index in [9.17, 15) is 4.79 Å². The van der Waals surface area contributed by atoms with Crippen LogP contribution in [0.4, 0.5) is 10.9 Å². The monoisotopic (exact) mass is 295 g/mol. The number of carboxylic acid groups (broad SMARTS) is 1. The van der Waals surface area contributed by atoms with Gasteiger partial charge in [-0.05, 0) is 18.9 Å². The van der Waals surface area contributed by atoms with Crippen molar-refractivity contribution in [1.82, 2.24) is 9.97 Å². The highest BCUT2D eigenvalue weighted by Crippen LogP contribution is 2.41. The minimum atomic E-state index is -1.08. The summed E-state index contributed by atoms with van der Waals surface area (Å²) in [4.78, 5) is 19.5. The molecule has 0 radical (unpaired) electrons. The molecule has 1 aliphatic carbocycles. The number of hydrogen-bond acceptors (Lipinski definition) is 5. The second-order valence-corrected chi connectivity index (χ2v) is 5.60. The number of aromatic nitrogens is 2. The van der Waals surface area contributed by atoms with E-state index in [1.807, 2.05) is 5.38 Å². The molecule has 19 heavy (non-hydrogen) atoms. The van der Waals surface area contributed by atoms with Gasteiger partial charge in [0.25, 0.3) is 0 Å². The Hall–Kier alpha value is -1.66.